The molecule has 1 aromatic carbocycles. The van der Waals surface area contributed by atoms with Gasteiger partial charge < -0.3 is 5.32 Å². The quantitative estimate of drug-likeness (QED) is 0.683. The Morgan fingerprint density at radius 2 is 2.21 bits per heavy atom. The van der Waals surface area contributed by atoms with Crippen molar-refractivity contribution in [2.75, 3.05) is 0 Å². The Labute approximate surface area is 116 Å². The van der Waals surface area contributed by atoms with Crippen molar-refractivity contribution >= 4 is 23.2 Å². The first-order valence-electron chi connectivity index (χ1n) is 6.24. The third kappa shape index (κ3) is 2.87. The first kappa shape index (κ1) is 13.8. The van der Waals surface area contributed by atoms with E-state index in [9.17, 15) is 14.9 Å². The second kappa shape index (κ2) is 5.57. The van der Waals surface area contributed by atoms with E-state index < -0.39 is 10.8 Å². The molecule has 0 aliphatic heterocycles. The first-order chi connectivity index (χ1) is 9.00. The van der Waals surface area contributed by atoms with E-state index in [0.717, 1.165) is 19.3 Å². The predicted octanol–water partition coefficient (Wildman–Crippen LogP) is 3.17. The van der Waals surface area contributed by atoms with E-state index in [1.807, 2.05) is 0 Å². The molecule has 0 spiro atoms. The summed E-state index contributed by atoms with van der Waals surface area (Å²) in [7, 11) is 0. The summed E-state index contributed by atoms with van der Waals surface area (Å²) in [5.41, 5.74) is -0.302. The van der Waals surface area contributed by atoms with Gasteiger partial charge in [-0.15, -0.1) is 0 Å². The lowest BCUT2D eigenvalue weighted by atomic mass is 10.1. The molecule has 0 heterocycles. The molecule has 2 atom stereocenters. The molecule has 0 bridgehead atoms. The summed E-state index contributed by atoms with van der Waals surface area (Å²) in [6.45, 7) is 2.07. The topological polar surface area (TPSA) is 72.2 Å². The van der Waals surface area contributed by atoms with E-state index in [1.54, 1.807) is 6.07 Å². The number of amides is 1. The first-order valence-corrected chi connectivity index (χ1v) is 6.62. The number of nitrogens with zero attached hydrogens (tertiary/aromatic N) is 1. The third-order valence-corrected chi connectivity index (χ3v) is 3.90. The van der Waals surface area contributed by atoms with E-state index in [0.29, 0.717) is 5.92 Å². The zero-order chi connectivity index (χ0) is 14.0. The Balaban J connectivity index is 2.24. The second-order valence-corrected chi connectivity index (χ2v) is 5.29. The van der Waals surface area contributed by atoms with Crippen molar-refractivity contribution in [1.82, 2.24) is 5.32 Å². The zero-order valence-electron chi connectivity index (χ0n) is 10.6. The maximum Gasteiger partial charge on any atom is 0.300 e. The second-order valence-electron chi connectivity index (χ2n) is 4.88. The van der Waals surface area contributed by atoms with Gasteiger partial charge in [0.2, 0.25) is 0 Å². The molecule has 2 rings (SSSR count). The van der Waals surface area contributed by atoms with Crippen LogP contribution in [0, 0.1) is 16.0 Å². The van der Waals surface area contributed by atoms with Crippen LogP contribution in [0.1, 0.15) is 36.5 Å². The molecule has 2 unspecified atom stereocenters. The standard InChI is InChI=1S/C13H15ClN2O3/c1-8-4-2-7-11(8)15-13(17)9-5-3-6-10(14)12(9)16(18)19/h3,5-6,8,11H,2,4,7H2,1H3,(H,15,17). The molecule has 1 aliphatic rings. The number of para-hydroxylation sites is 1. The zero-order valence-corrected chi connectivity index (χ0v) is 11.3. The van der Waals surface area contributed by atoms with Crippen LogP contribution in [-0.4, -0.2) is 16.9 Å². The van der Waals surface area contributed by atoms with Crippen molar-refractivity contribution in [3.05, 3.63) is 38.9 Å². The summed E-state index contributed by atoms with van der Waals surface area (Å²) < 4.78 is 0. The smallest absolute Gasteiger partial charge is 0.300 e. The van der Waals surface area contributed by atoms with Crippen molar-refractivity contribution in [3.8, 4) is 0 Å². The molecule has 1 aliphatic carbocycles. The Bertz CT molecular complexity index is 519. The summed E-state index contributed by atoms with van der Waals surface area (Å²) in [5.74, 6) is -0.0184. The van der Waals surface area contributed by atoms with Gasteiger partial charge in [0.05, 0.1) is 4.92 Å². The van der Waals surface area contributed by atoms with Gasteiger partial charge in [-0.05, 0) is 30.9 Å². The monoisotopic (exact) mass is 282 g/mol. The maximum atomic E-state index is 12.1. The van der Waals surface area contributed by atoms with Crippen molar-refractivity contribution in [2.45, 2.75) is 32.2 Å². The number of hydrogen-bond acceptors (Lipinski definition) is 3. The molecule has 0 saturated heterocycles. The maximum absolute atomic E-state index is 12.1. The average Bonchev–Trinajstić information content (AvgIpc) is 2.74. The van der Waals surface area contributed by atoms with Gasteiger partial charge in [-0.25, -0.2) is 0 Å². The molecule has 1 amide bonds. The van der Waals surface area contributed by atoms with Gasteiger partial charge in [0.15, 0.2) is 0 Å². The Morgan fingerprint density at radius 3 is 2.79 bits per heavy atom. The van der Waals surface area contributed by atoms with Gasteiger partial charge in [-0.2, -0.15) is 0 Å². The van der Waals surface area contributed by atoms with E-state index >= 15 is 0 Å². The molecule has 5 nitrogen and oxygen atoms in total. The Hall–Kier alpha value is -1.62. The highest BCUT2D eigenvalue weighted by atomic mass is 35.5. The highest BCUT2D eigenvalue weighted by Crippen LogP contribution is 2.29. The van der Waals surface area contributed by atoms with Gasteiger partial charge in [0, 0.05) is 6.04 Å². The van der Waals surface area contributed by atoms with Crippen molar-refractivity contribution in [3.63, 3.8) is 0 Å². The van der Waals surface area contributed by atoms with Crippen LogP contribution in [0.3, 0.4) is 0 Å². The summed E-state index contributed by atoms with van der Waals surface area (Å²) in [6, 6.07) is 4.47. The summed E-state index contributed by atoms with van der Waals surface area (Å²) in [5, 5.41) is 13.8. The third-order valence-electron chi connectivity index (χ3n) is 3.59. The van der Waals surface area contributed by atoms with Crippen LogP contribution < -0.4 is 5.32 Å². The largest absolute Gasteiger partial charge is 0.349 e. The van der Waals surface area contributed by atoms with Gasteiger partial charge >= 0.3 is 5.69 Å². The van der Waals surface area contributed by atoms with Crippen molar-refractivity contribution in [2.24, 2.45) is 5.92 Å². The molecule has 6 heteroatoms. The minimum absolute atomic E-state index is 0.0166. The number of nitro benzene ring substituents is 1. The SMILES string of the molecule is CC1CCCC1NC(=O)c1cccc(Cl)c1[N+](=O)[O-]. The van der Waals surface area contributed by atoms with Gasteiger partial charge in [0.1, 0.15) is 10.6 Å². The number of hydrogen-bond donors (Lipinski definition) is 1. The van der Waals surface area contributed by atoms with Crippen LogP contribution in [-0.2, 0) is 0 Å². The highest BCUT2D eigenvalue weighted by molar-refractivity contribution is 6.33. The van der Waals surface area contributed by atoms with Crippen LogP contribution in [0.2, 0.25) is 5.02 Å². The van der Waals surface area contributed by atoms with Crippen LogP contribution in [0.5, 0.6) is 0 Å². The minimum atomic E-state index is -0.616. The number of carbonyl (C=O) groups excluding carboxylic acids is 1. The molecule has 0 radical (unpaired) electrons. The van der Waals surface area contributed by atoms with Crippen LogP contribution in [0.4, 0.5) is 5.69 Å². The van der Waals surface area contributed by atoms with Gasteiger partial charge in [-0.3, -0.25) is 14.9 Å². The fourth-order valence-electron chi connectivity index (χ4n) is 2.49. The summed E-state index contributed by atoms with van der Waals surface area (Å²) in [4.78, 5) is 22.5. The van der Waals surface area contributed by atoms with Gasteiger partial charge in [-0.1, -0.05) is 31.0 Å². The number of nitro groups is 1. The number of benzene rings is 1. The normalized spacial score (nSPS) is 22.2. The number of halogens is 1. The Kier molecular flexibility index (Phi) is 4.04. The molecule has 1 fully saturated rings. The van der Waals surface area contributed by atoms with E-state index in [1.165, 1.54) is 12.1 Å². The van der Waals surface area contributed by atoms with E-state index in [-0.39, 0.29) is 22.3 Å². The summed E-state index contributed by atoms with van der Waals surface area (Å²) >= 11 is 5.79. The fourth-order valence-corrected chi connectivity index (χ4v) is 2.73. The van der Waals surface area contributed by atoms with E-state index in [2.05, 4.69) is 12.2 Å². The Morgan fingerprint density at radius 1 is 1.47 bits per heavy atom. The van der Waals surface area contributed by atoms with Crippen LogP contribution >= 0.6 is 11.6 Å². The molecular formula is C13H15ClN2O3. The average molecular weight is 283 g/mol. The lowest BCUT2D eigenvalue weighted by molar-refractivity contribution is -0.385. The summed E-state index contributed by atoms with van der Waals surface area (Å²) in [6.07, 6.45) is 3.06. The molecule has 19 heavy (non-hydrogen) atoms. The molecule has 1 aromatic rings. The van der Waals surface area contributed by atoms with Crippen LogP contribution in [0.15, 0.2) is 18.2 Å². The fraction of sp³-hybridized carbons (Fsp3) is 0.462. The molecule has 102 valence electrons. The molecule has 0 aromatic heterocycles. The number of rotatable bonds is 3. The number of nitrogens with one attached hydrogen (secondary N) is 1. The van der Waals surface area contributed by atoms with Crippen molar-refractivity contribution in [1.29, 1.82) is 0 Å². The highest BCUT2D eigenvalue weighted by Gasteiger charge is 2.29. The lowest BCUT2D eigenvalue weighted by Crippen LogP contribution is -2.36. The van der Waals surface area contributed by atoms with Crippen LogP contribution in [0.25, 0.3) is 0 Å². The van der Waals surface area contributed by atoms with Crippen molar-refractivity contribution < 1.29 is 9.72 Å². The van der Waals surface area contributed by atoms with Gasteiger partial charge in [0.25, 0.3) is 5.91 Å². The number of carbonyl (C=O) groups is 1. The lowest BCUT2D eigenvalue weighted by Gasteiger charge is -2.17. The molecular weight excluding hydrogens is 268 g/mol. The molecule has 1 saturated carbocycles. The van der Waals surface area contributed by atoms with E-state index in [4.69, 9.17) is 11.6 Å². The predicted molar refractivity (Wildman–Crippen MR) is 72.4 cm³/mol. The minimum Gasteiger partial charge on any atom is -0.349 e. The molecule has 1 N–H and O–H groups in total.